The normalized spacial score (nSPS) is 10.7. The Balaban J connectivity index is 1.95. The first-order valence-electron chi connectivity index (χ1n) is 5.70. The standard InChI is InChI=1S/C14H13N3O/c1-10-8-11(15)2-3-14(10)18-13-5-7-17-12(9-13)4-6-16-17/h2-9H,15H2,1H3. The van der Waals surface area contributed by atoms with Crippen LogP contribution in [-0.4, -0.2) is 9.61 Å². The van der Waals surface area contributed by atoms with Gasteiger partial charge < -0.3 is 10.5 Å². The van der Waals surface area contributed by atoms with E-state index in [9.17, 15) is 0 Å². The average Bonchev–Trinajstić information content (AvgIpc) is 2.80. The molecule has 0 atom stereocenters. The van der Waals surface area contributed by atoms with E-state index >= 15 is 0 Å². The topological polar surface area (TPSA) is 52.5 Å². The van der Waals surface area contributed by atoms with Gasteiger partial charge in [-0.05, 0) is 42.8 Å². The second kappa shape index (κ2) is 4.07. The third kappa shape index (κ3) is 1.88. The zero-order valence-corrected chi connectivity index (χ0v) is 10.00. The van der Waals surface area contributed by atoms with Gasteiger partial charge in [-0.1, -0.05) is 0 Å². The van der Waals surface area contributed by atoms with E-state index < -0.39 is 0 Å². The molecule has 0 spiro atoms. The zero-order chi connectivity index (χ0) is 12.5. The zero-order valence-electron chi connectivity index (χ0n) is 10.00. The molecule has 0 bridgehead atoms. The molecule has 4 nitrogen and oxygen atoms in total. The van der Waals surface area contributed by atoms with Crippen LogP contribution in [-0.2, 0) is 0 Å². The van der Waals surface area contributed by atoms with Crippen LogP contribution in [0.4, 0.5) is 5.69 Å². The molecule has 3 rings (SSSR count). The van der Waals surface area contributed by atoms with Crippen molar-refractivity contribution in [1.82, 2.24) is 9.61 Å². The van der Waals surface area contributed by atoms with Gasteiger partial charge in [-0.2, -0.15) is 5.10 Å². The molecular formula is C14H13N3O. The molecule has 1 aromatic carbocycles. The van der Waals surface area contributed by atoms with Gasteiger partial charge in [-0.25, -0.2) is 4.52 Å². The summed E-state index contributed by atoms with van der Waals surface area (Å²) in [5.74, 6) is 1.60. The monoisotopic (exact) mass is 239 g/mol. The van der Waals surface area contributed by atoms with Gasteiger partial charge in [0.1, 0.15) is 11.5 Å². The molecule has 90 valence electrons. The summed E-state index contributed by atoms with van der Waals surface area (Å²) in [4.78, 5) is 0. The van der Waals surface area contributed by atoms with E-state index in [0.717, 1.165) is 28.3 Å². The summed E-state index contributed by atoms with van der Waals surface area (Å²) < 4.78 is 7.64. The van der Waals surface area contributed by atoms with Crippen LogP contribution in [0.2, 0.25) is 0 Å². The Bertz CT molecular complexity index is 703. The minimum absolute atomic E-state index is 0.742. The molecule has 0 aliphatic rings. The van der Waals surface area contributed by atoms with Gasteiger partial charge in [-0.3, -0.25) is 0 Å². The molecule has 2 aromatic heterocycles. The minimum Gasteiger partial charge on any atom is -0.457 e. The number of nitrogens with two attached hydrogens (primary N) is 1. The predicted octanol–water partition coefficient (Wildman–Crippen LogP) is 3.02. The third-order valence-corrected chi connectivity index (χ3v) is 2.80. The maximum absolute atomic E-state index is 5.84. The Kier molecular flexibility index (Phi) is 2.41. The maximum Gasteiger partial charge on any atom is 0.131 e. The van der Waals surface area contributed by atoms with Crippen LogP contribution >= 0.6 is 0 Å². The maximum atomic E-state index is 5.84. The Labute approximate surface area is 105 Å². The first-order valence-corrected chi connectivity index (χ1v) is 5.70. The minimum atomic E-state index is 0.742. The van der Waals surface area contributed by atoms with Gasteiger partial charge >= 0.3 is 0 Å². The summed E-state index contributed by atoms with van der Waals surface area (Å²) in [6.07, 6.45) is 3.63. The van der Waals surface area contributed by atoms with Crippen molar-refractivity contribution in [3.63, 3.8) is 0 Å². The van der Waals surface area contributed by atoms with Gasteiger partial charge in [0.2, 0.25) is 0 Å². The highest BCUT2D eigenvalue weighted by molar-refractivity contribution is 5.52. The molecule has 0 saturated carbocycles. The quantitative estimate of drug-likeness (QED) is 0.699. The summed E-state index contributed by atoms with van der Waals surface area (Å²) in [5, 5.41) is 4.14. The SMILES string of the molecule is Cc1cc(N)ccc1Oc1ccn2nccc2c1. The second-order valence-electron chi connectivity index (χ2n) is 4.19. The van der Waals surface area contributed by atoms with Crippen molar-refractivity contribution in [2.75, 3.05) is 5.73 Å². The van der Waals surface area contributed by atoms with Crippen LogP contribution in [0.3, 0.4) is 0 Å². The number of pyridine rings is 1. The highest BCUT2D eigenvalue weighted by Crippen LogP contribution is 2.26. The Hall–Kier alpha value is -2.49. The lowest BCUT2D eigenvalue weighted by Crippen LogP contribution is -1.92. The first-order chi connectivity index (χ1) is 8.72. The molecule has 0 aliphatic carbocycles. The fourth-order valence-electron chi connectivity index (χ4n) is 1.88. The molecule has 0 saturated heterocycles. The van der Waals surface area contributed by atoms with Crippen LogP contribution in [0.5, 0.6) is 11.5 Å². The van der Waals surface area contributed by atoms with Crippen LogP contribution in [0, 0.1) is 6.92 Å². The summed E-state index contributed by atoms with van der Waals surface area (Å²) in [6.45, 7) is 1.98. The number of aryl methyl sites for hydroxylation is 1. The second-order valence-corrected chi connectivity index (χ2v) is 4.19. The number of hydrogen-bond donors (Lipinski definition) is 1. The lowest BCUT2D eigenvalue weighted by molar-refractivity contribution is 0.478. The number of fused-ring (bicyclic) bond motifs is 1. The molecule has 2 N–H and O–H groups in total. The number of nitrogens with zero attached hydrogens (tertiary/aromatic N) is 2. The van der Waals surface area contributed by atoms with E-state index in [1.54, 1.807) is 10.7 Å². The number of nitrogen functional groups attached to an aromatic ring is 1. The number of aromatic nitrogens is 2. The molecule has 0 radical (unpaired) electrons. The number of anilines is 1. The fourth-order valence-corrected chi connectivity index (χ4v) is 1.88. The lowest BCUT2D eigenvalue weighted by Gasteiger charge is -2.09. The molecule has 0 amide bonds. The number of hydrogen-bond acceptors (Lipinski definition) is 3. The van der Waals surface area contributed by atoms with Crippen molar-refractivity contribution >= 4 is 11.2 Å². The van der Waals surface area contributed by atoms with Gasteiger partial charge in [-0.15, -0.1) is 0 Å². The summed E-state index contributed by atoms with van der Waals surface area (Å²) in [7, 11) is 0. The van der Waals surface area contributed by atoms with Gasteiger partial charge in [0.25, 0.3) is 0 Å². The predicted molar refractivity (Wildman–Crippen MR) is 70.9 cm³/mol. The molecule has 0 fully saturated rings. The lowest BCUT2D eigenvalue weighted by atomic mass is 10.2. The van der Waals surface area contributed by atoms with Crippen molar-refractivity contribution in [2.45, 2.75) is 6.92 Å². The van der Waals surface area contributed by atoms with E-state index in [0.29, 0.717) is 0 Å². The molecule has 4 heteroatoms. The van der Waals surface area contributed by atoms with E-state index in [-0.39, 0.29) is 0 Å². The number of ether oxygens (including phenoxy) is 1. The van der Waals surface area contributed by atoms with Crippen molar-refractivity contribution in [3.8, 4) is 11.5 Å². The largest absolute Gasteiger partial charge is 0.457 e. The van der Waals surface area contributed by atoms with Gasteiger partial charge in [0.15, 0.2) is 0 Å². The molecule has 3 aromatic rings. The number of rotatable bonds is 2. The van der Waals surface area contributed by atoms with Crippen LogP contribution < -0.4 is 10.5 Å². The highest BCUT2D eigenvalue weighted by atomic mass is 16.5. The van der Waals surface area contributed by atoms with Crippen molar-refractivity contribution in [3.05, 3.63) is 54.4 Å². The number of benzene rings is 1. The molecule has 18 heavy (non-hydrogen) atoms. The van der Waals surface area contributed by atoms with Crippen LogP contribution in [0.15, 0.2) is 48.8 Å². The first kappa shape index (κ1) is 10.7. The van der Waals surface area contributed by atoms with Crippen molar-refractivity contribution < 1.29 is 4.74 Å². The molecular weight excluding hydrogens is 226 g/mol. The Morgan fingerprint density at radius 3 is 2.89 bits per heavy atom. The molecule has 2 heterocycles. The summed E-state index contributed by atoms with van der Waals surface area (Å²) >= 11 is 0. The van der Waals surface area contributed by atoms with Gasteiger partial charge in [0.05, 0.1) is 5.52 Å². The Morgan fingerprint density at radius 1 is 1.17 bits per heavy atom. The van der Waals surface area contributed by atoms with E-state index in [2.05, 4.69) is 5.10 Å². The van der Waals surface area contributed by atoms with E-state index in [4.69, 9.17) is 10.5 Å². The van der Waals surface area contributed by atoms with Crippen molar-refractivity contribution in [1.29, 1.82) is 0 Å². The van der Waals surface area contributed by atoms with Crippen LogP contribution in [0.1, 0.15) is 5.56 Å². The van der Waals surface area contributed by atoms with E-state index in [1.165, 1.54) is 0 Å². The summed E-state index contributed by atoms with van der Waals surface area (Å²) in [6, 6.07) is 11.4. The smallest absolute Gasteiger partial charge is 0.131 e. The highest BCUT2D eigenvalue weighted by Gasteiger charge is 2.03. The van der Waals surface area contributed by atoms with Crippen LogP contribution in [0.25, 0.3) is 5.52 Å². The fraction of sp³-hybridized carbons (Fsp3) is 0.0714. The Morgan fingerprint density at radius 2 is 2.06 bits per heavy atom. The third-order valence-electron chi connectivity index (χ3n) is 2.80. The molecule has 0 unspecified atom stereocenters. The summed E-state index contributed by atoms with van der Waals surface area (Å²) in [5.41, 5.74) is 8.47. The molecule has 0 aliphatic heterocycles. The van der Waals surface area contributed by atoms with Gasteiger partial charge in [0, 0.05) is 24.1 Å². The average molecular weight is 239 g/mol. The van der Waals surface area contributed by atoms with Crippen molar-refractivity contribution in [2.24, 2.45) is 0 Å². The van der Waals surface area contributed by atoms with E-state index in [1.807, 2.05) is 49.5 Å².